The molecule has 4 rings (SSSR count). The summed E-state index contributed by atoms with van der Waals surface area (Å²) in [4.78, 5) is 31.3. The van der Waals surface area contributed by atoms with Crippen molar-refractivity contribution in [3.8, 4) is 0 Å². The van der Waals surface area contributed by atoms with Crippen molar-refractivity contribution in [2.45, 2.75) is 32.4 Å². The first-order valence-electron chi connectivity index (χ1n) is 10.4. The highest BCUT2D eigenvalue weighted by atomic mass is 19.1. The van der Waals surface area contributed by atoms with Crippen LogP contribution in [-0.2, 0) is 24.8 Å². The molecule has 3 heterocycles. The second-order valence-electron chi connectivity index (χ2n) is 7.69. The first-order valence-corrected chi connectivity index (χ1v) is 10.4. The Morgan fingerprint density at radius 3 is 2.69 bits per heavy atom. The minimum Gasteiger partial charge on any atom is -0.443 e. The Morgan fingerprint density at radius 2 is 1.97 bits per heavy atom. The second kappa shape index (κ2) is 9.17. The van der Waals surface area contributed by atoms with Crippen LogP contribution >= 0.6 is 0 Å². The molecule has 9 heteroatoms. The number of halogens is 1. The maximum Gasteiger partial charge on any atom is 0.414 e. The maximum atomic E-state index is 13.1. The number of ether oxygens (including phenoxy) is 1. The Kier molecular flexibility index (Phi) is 6.16. The lowest BCUT2D eigenvalue weighted by atomic mass is 10.1. The van der Waals surface area contributed by atoms with E-state index < -0.39 is 11.9 Å². The molecule has 1 atom stereocenters. The van der Waals surface area contributed by atoms with Crippen LogP contribution in [0.5, 0.6) is 0 Å². The van der Waals surface area contributed by atoms with Gasteiger partial charge >= 0.3 is 6.09 Å². The Morgan fingerprint density at radius 1 is 1.19 bits per heavy atom. The molecule has 1 aromatic carbocycles. The molecule has 0 aliphatic carbocycles. The molecule has 1 unspecified atom stereocenters. The smallest absolute Gasteiger partial charge is 0.414 e. The molecule has 1 aliphatic heterocycles. The van der Waals surface area contributed by atoms with Gasteiger partial charge < -0.3 is 10.1 Å². The topological polar surface area (TPSA) is 89.4 Å². The van der Waals surface area contributed by atoms with Crippen LogP contribution in [0.3, 0.4) is 0 Å². The van der Waals surface area contributed by atoms with E-state index in [9.17, 15) is 14.0 Å². The van der Waals surface area contributed by atoms with Crippen molar-refractivity contribution in [3.05, 3.63) is 77.1 Å². The summed E-state index contributed by atoms with van der Waals surface area (Å²) in [7, 11) is 1.80. The highest BCUT2D eigenvalue weighted by molar-refractivity contribution is 5.94. The molecular weight excluding hydrogens is 413 g/mol. The normalized spacial score (nSPS) is 13.9. The van der Waals surface area contributed by atoms with E-state index in [2.05, 4.69) is 15.4 Å². The second-order valence-corrected chi connectivity index (χ2v) is 7.69. The molecule has 32 heavy (non-hydrogen) atoms. The molecule has 0 bridgehead atoms. The number of carbonyl (C=O) groups excluding carboxylic acids is 2. The lowest BCUT2D eigenvalue weighted by Gasteiger charge is -2.28. The summed E-state index contributed by atoms with van der Waals surface area (Å²) in [5.41, 5.74) is 3.23. The molecule has 0 saturated carbocycles. The van der Waals surface area contributed by atoms with E-state index in [1.54, 1.807) is 35.0 Å². The van der Waals surface area contributed by atoms with Crippen LogP contribution in [0.1, 0.15) is 46.8 Å². The van der Waals surface area contributed by atoms with Crippen molar-refractivity contribution in [2.24, 2.45) is 7.05 Å². The number of nitrogens with zero attached hydrogens (tertiary/aromatic N) is 4. The third kappa shape index (κ3) is 4.77. The van der Waals surface area contributed by atoms with E-state index in [1.807, 2.05) is 13.0 Å². The fourth-order valence-corrected chi connectivity index (χ4v) is 3.61. The van der Waals surface area contributed by atoms with Crippen LogP contribution in [0.4, 0.5) is 14.9 Å². The molecule has 166 valence electrons. The summed E-state index contributed by atoms with van der Waals surface area (Å²) >= 11 is 0. The Bertz CT molecular complexity index is 1130. The number of aromatic nitrogens is 3. The Balaban J connectivity index is 1.43. The molecule has 0 saturated heterocycles. The molecule has 2 amide bonds. The summed E-state index contributed by atoms with van der Waals surface area (Å²) in [6.07, 6.45) is 2.84. The van der Waals surface area contributed by atoms with Crippen LogP contribution in [0.15, 0.2) is 48.7 Å². The number of benzene rings is 1. The van der Waals surface area contributed by atoms with Gasteiger partial charge in [0.2, 0.25) is 0 Å². The summed E-state index contributed by atoms with van der Waals surface area (Å²) < 4.78 is 20.2. The predicted molar refractivity (Wildman–Crippen MR) is 116 cm³/mol. The van der Waals surface area contributed by atoms with Gasteiger partial charge in [0.15, 0.2) is 0 Å². The maximum absolute atomic E-state index is 13.1. The summed E-state index contributed by atoms with van der Waals surface area (Å²) in [5.74, 6) is -0.703. The van der Waals surface area contributed by atoms with E-state index in [-0.39, 0.29) is 18.6 Å². The van der Waals surface area contributed by atoms with Gasteiger partial charge in [0.25, 0.3) is 5.91 Å². The van der Waals surface area contributed by atoms with Crippen molar-refractivity contribution >= 4 is 17.7 Å². The van der Waals surface area contributed by atoms with Gasteiger partial charge in [0.1, 0.15) is 12.4 Å². The number of hydrogen-bond donors (Lipinski definition) is 1. The van der Waals surface area contributed by atoms with Gasteiger partial charge in [-0.3, -0.25) is 19.4 Å². The number of fused-ring (bicyclic) bond motifs is 1. The van der Waals surface area contributed by atoms with E-state index >= 15 is 0 Å². The minimum absolute atomic E-state index is 0.101. The molecule has 1 aliphatic rings. The summed E-state index contributed by atoms with van der Waals surface area (Å²) in [6.45, 7) is 2.48. The third-order valence-electron chi connectivity index (χ3n) is 5.29. The average molecular weight is 437 g/mol. The van der Waals surface area contributed by atoms with Crippen LogP contribution in [0, 0.1) is 5.82 Å². The monoisotopic (exact) mass is 437 g/mol. The van der Waals surface area contributed by atoms with Crippen LogP contribution in [0.2, 0.25) is 0 Å². The van der Waals surface area contributed by atoms with E-state index in [0.29, 0.717) is 29.2 Å². The number of amides is 2. The van der Waals surface area contributed by atoms with Gasteiger partial charge in [0, 0.05) is 25.4 Å². The predicted octanol–water partition coefficient (Wildman–Crippen LogP) is 3.53. The van der Waals surface area contributed by atoms with Crippen molar-refractivity contribution < 1.29 is 18.7 Å². The standard InChI is InChI=1S/C23H24FN5O3/c1-15(25-22(30)16-5-7-17(24)8-6-16)19-9-10-21-20(26-19)4-3-12-29(21)23(31)32-14-18-11-13-28(2)27-18/h5-11,13,15H,3-4,12,14H2,1-2H3,(H,25,30). The quantitative estimate of drug-likeness (QED) is 0.660. The zero-order chi connectivity index (χ0) is 22.7. The van der Waals surface area contributed by atoms with Gasteiger partial charge in [-0.25, -0.2) is 9.18 Å². The van der Waals surface area contributed by atoms with Gasteiger partial charge in [-0.05, 0) is 62.2 Å². The molecule has 0 radical (unpaired) electrons. The molecule has 0 spiro atoms. The van der Waals surface area contributed by atoms with Gasteiger partial charge in [-0.2, -0.15) is 5.10 Å². The molecular formula is C23H24FN5O3. The van der Waals surface area contributed by atoms with E-state index in [1.165, 1.54) is 24.3 Å². The number of nitrogens with one attached hydrogen (secondary N) is 1. The van der Waals surface area contributed by atoms with Crippen molar-refractivity contribution in [1.29, 1.82) is 0 Å². The SMILES string of the molecule is CC(NC(=O)c1ccc(F)cc1)c1ccc2c(n1)CCCN2C(=O)OCc1ccn(C)n1. The van der Waals surface area contributed by atoms with Crippen molar-refractivity contribution in [1.82, 2.24) is 20.1 Å². The Hall–Kier alpha value is -3.75. The van der Waals surface area contributed by atoms with Crippen LogP contribution in [-0.4, -0.2) is 33.3 Å². The molecule has 2 aromatic heterocycles. The Labute approximate surface area is 185 Å². The first-order chi connectivity index (χ1) is 15.4. The number of anilines is 1. The van der Waals surface area contributed by atoms with Gasteiger partial charge in [-0.1, -0.05) is 0 Å². The summed E-state index contributed by atoms with van der Waals surface area (Å²) in [5, 5.41) is 7.08. The zero-order valence-corrected chi connectivity index (χ0v) is 17.9. The average Bonchev–Trinajstić information content (AvgIpc) is 3.22. The highest BCUT2D eigenvalue weighted by Crippen LogP contribution is 2.28. The minimum atomic E-state index is -0.441. The zero-order valence-electron chi connectivity index (χ0n) is 17.9. The number of rotatable bonds is 5. The van der Waals surface area contributed by atoms with Gasteiger partial charge in [0.05, 0.1) is 28.8 Å². The number of pyridine rings is 1. The van der Waals surface area contributed by atoms with Crippen LogP contribution < -0.4 is 10.2 Å². The fraction of sp³-hybridized carbons (Fsp3) is 0.304. The lowest BCUT2D eigenvalue weighted by molar-refractivity contribution is 0.0939. The fourth-order valence-electron chi connectivity index (χ4n) is 3.61. The first kappa shape index (κ1) is 21.5. The van der Waals surface area contributed by atoms with E-state index in [0.717, 1.165) is 18.5 Å². The number of aryl methyl sites for hydroxylation is 2. The third-order valence-corrected chi connectivity index (χ3v) is 5.29. The van der Waals surface area contributed by atoms with Crippen LogP contribution in [0.25, 0.3) is 0 Å². The highest BCUT2D eigenvalue weighted by Gasteiger charge is 2.26. The van der Waals surface area contributed by atoms with Crippen molar-refractivity contribution in [2.75, 3.05) is 11.4 Å². The van der Waals surface area contributed by atoms with Gasteiger partial charge in [-0.15, -0.1) is 0 Å². The molecule has 3 aromatic rings. The lowest BCUT2D eigenvalue weighted by Crippen LogP contribution is -2.36. The number of carbonyl (C=O) groups is 2. The molecule has 0 fully saturated rings. The summed E-state index contributed by atoms with van der Waals surface area (Å²) in [6, 6.07) is 10.4. The molecule has 1 N–H and O–H groups in total. The largest absolute Gasteiger partial charge is 0.443 e. The van der Waals surface area contributed by atoms with E-state index in [4.69, 9.17) is 4.74 Å². The van der Waals surface area contributed by atoms with Crippen molar-refractivity contribution in [3.63, 3.8) is 0 Å². The molecule has 8 nitrogen and oxygen atoms in total. The number of hydrogen-bond acceptors (Lipinski definition) is 5.